The molecule has 0 amide bonds. The summed E-state index contributed by atoms with van der Waals surface area (Å²) in [7, 11) is 19.0. The van der Waals surface area contributed by atoms with Gasteiger partial charge in [-0.05, 0) is 0 Å². The van der Waals surface area contributed by atoms with Crippen LogP contribution in [0.5, 0.6) is 0 Å². The summed E-state index contributed by atoms with van der Waals surface area (Å²) in [5.74, 6) is -2.01. The second-order valence-electron chi connectivity index (χ2n) is 19.5. The molecule has 2 atom stereocenters. The van der Waals surface area contributed by atoms with Crippen molar-refractivity contribution in [2.75, 3.05) is 0 Å². The maximum absolute atomic E-state index is 9.48. The topological polar surface area (TPSA) is 0 Å². The van der Waals surface area contributed by atoms with E-state index >= 15 is 0 Å². The SMILES string of the molecule is Cc1ccc(-c2ccc(-c3ccc(C)cc3)c3c2C=C(Cc2ccccc2)[CH]3[Zr]([Cl])([Cl])([CH]2C(Cc3ccccc3)=Cc3c(-c4ccc(C)cc4)ccc(-c4ccc(C)cc4)c32)[SiH](C)C)cc1. The van der Waals surface area contributed by atoms with E-state index in [1.165, 1.54) is 111 Å². The number of hydrogen-bond donors (Lipinski definition) is 0. The maximum atomic E-state index is 9.48. The Morgan fingerprint density at radius 3 is 0.970 bits per heavy atom. The van der Waals surface area contributed by atoms with Gasteiger partial charge in [0.25, 0.3) is 0 Å². The van der Waals surface area contributed by atoms with Crippen LogP contribution in [0.2, 0.25) is 13.1 Å². The third kappa shape index (κ3) is 8.03. The van der Waals surface area contributed by atoms with Crippen LogP contribution in [0.15, 0.2) is 193 Å². The zero-order valence-electron chi connectivity index (χ0n) is 38.9. The number of fused-ring (bicyclic) bond motifs is 2. The van der Waals surface area contributed by atoms with Crippen LogP contribution in [0.1, 0.15) is 62.9 Å². The molecular weight excluding hydrogens is 935 g/mol. The average Bonchev–Trinajstić information content (AvgIpc) is 3.91. The van der Waals surface area contributed by atoms with Gasteiger partial charge < -0.3 is 0 Å². The summed E-state index contributed by atoms with van der Waals surface area (Å²) in [6, 6.07) is 67.8. The Morgan fingerprint density at radius 2 is 0.667 bits per heavy atom. The Balaban J connectivity index is 1.32. The summed E-state index contributed by atoms with van der Waals surface area (Å²) in [5, 5.41) is 0. The molecule has 0 radical (unpaired) electrons. The molecule has 0 aromatic heterocycles. The molecule has 66 heavy (non-hydrogen) atoms. The molecule has 0 N–H and O–H groups in total. The van der Waals surface area contributed by atoms with E-state index in [0.29, 0.717) is 0 Å². The van der Waals surface area contributed by atoms with Crippen molar-refractivity contribution in [1.29, 1.82) is 0 Å². The molecule has 0 saturated carbocycles. The van der Waals surface area contributed by atoms with Crippen LogP contribution in [0.4, 0.5) is 0 Å². The molecule has 0 heterocycles. The number of rotatable bonds is 11. The van der Waals surface area contributed by atoms with E-state index in [9.17, 15) is 17.0 Å². The second kappa shape index (κ2) is 17.9. The number of benzene rings is 8. The summed E-state index contributed by atoms with van der Waals surface area (Å²) < 4.78 is -0.301. The van der Waals surface area contributed by atoms with Crippen molar-refractivity contribution in [3.63, 3.8) is 0 Å². The molecule has 8 aromatic carbocycles. The Labute approximate surface area is 401 Å². The molecule has 0 spiro atoms. The van der Waals surface area contributed by atoms with Gasteiger partial charge >= 0.3 is 405 Å². The summed E-state index contributed by atoms with van der Waals surface area (Å²) in [5.41, 5.74) is 25.2. The van der Waals surface area contributed by atoms with Crippen molar-refractivity contribution in [3.05, 3.63) is 249 Å². The number of allylic oxidation sites excluding steroid dienone is 2. The Hall–Kier alpha value is -5.08. The van der Waals surface area contributed by atoms with Crippen LogP contribution in [0, 0.1) is 27.7 Å². The first-order valence-electron chi connectivity index (χ1n) is 23.6. The van der Waals surface area contributed by atoms with Gasteiger partial charge in [0.05, 0.1) is 0 Å². The first kappa shape index (κ1) is 44.7. The minimum absolute atomic E-state index is 0.151. The van der Waals surface area contributed by atoms with E-state index in [-0.39, 0.29) is 7.25 Å². The van der Waals surface area contributed by atoms with Crippen molar-refractivity contribution in [1.82, 2.24) is 0 Å². The van der Waals surface area contributed by atoms with Gasteiger partial charge in [-0.1, -0.05) is 0 Å². The van der Waals surface area contributed by atoms with Gasteiger partial charge in [0, 0.05) is 0 Å². The fourth-order valence-electron chi connectivity index (χ4n) is 11.1. The van der Waals surface area contributed by atoms with Gasteiger partial charge in [0.2, 0.25) is 0 Å². The number of halogens is 2. The quantitative estimate of drug-likeness (QED) is 0.113. The zero-order valence-corrected chi connectivity index (χ0v) is 44.0. The first-order chi connectivity index (χ1) is 31.9. The fraction of sp³-hybridized carbons (Fsp3) is 0.161. The van der Waals surface area contributed by atoms with Crippen LogP contribution in [0.25, 0.3) is 56.7 Å². The molecule has 4 heteroatoms. The van der Waals surface area contributed by atoms with E-state index in [0.717, 1.165) is 12.8 Å². The molecule has 327 valence electrons. The van der Waals surface area contributed by atoms with Gasteiger partial charge in [-0.15, -0.1) is 0 Å². The molecule has 2 aliphatic rings. The Morgan fingerprint density at radius 1 is 0.379 bits per heavy atom. The molecule has 8 aromatic rings. The third-order valence-corrected chi connectivity index (χ3v) is 66.5. The average molecular weight is 992 g/mol. The van der Waals surface area contributed by atoms with E-state index < -0.39 is 21.5 Å². The Kier molecular flexibility index (Phi) is 12.1. The molecule has 2 aliphatic carbocycles. The fourth-order valence-corrected chi connectivity index (χ4v) is 42.1. The minimum atomic E-state index is -5.55. The summed E-state index contributed by atoms with van der Waals surface area (Å²) in [6.07, 6.45) is 6.62. The molecule has 10 rings (SSSR count). The van der Waals surface area contributed by atoms with Gasteiger partial charge in [-0.3, -0.25) is 0 Å². The van der Waals surface area contributed by atoms with E-state index in [4.69, 9.17) is 0 Å². The normalized spacial score (nSPS) is 16.0. The molecular formula is C62H57Cl2SiZr. The predicted octanol–water partition coefficient (Wildman–Crippen LogP) is 17.6. The van der Waals surface area contributed by atoms with Crippen molar-refractivity contribution >= 4 is 35.1 Å². The summed E-state index contributed by atoms with van der Waals surface area (Å²) in [6.45, 7) is 13.7. The molecule has 0 bridgehead atoms. The molecule has 0 fully saturated rings. The van der Waals surface area contributed by atoms with Gasteiger partial charge in [0.15, 0.2) is 0 Å². The first-order valence-corrected chi connectivity index (χ1v) is 39.9. The number of hydrogen-bond acceptors (Lipinski definition) is 0. The van der Waals surface area contributed by atoms with Crippen molar-refractivity contribution in [2.24, 2.45) is 0 Å². The van der Waals surface area contributed by atoms with Gasteiger partial charge in [-0.25, -0.2) is 0 Å². The predicted molar refractivity (Wildman–Crippen MR) is 286 cm³/mol. The number of aryl methyl sites for hydroxylation is 4. The van der Waals surface area contributed by atoms with Crippen molar-refractivity contribution in [3.8, 4) is 44.5 Å². The molecule has 0 saturated heterocycles. The molecule has 2 unspecified atom stereocenters. The molecule has 0 aliphatic heterocycles. The van der Waals surface area contributed by atoms with Crippen LogP contribution < -0.4 is 0 Å². The van der Waals surface area contributed by atoms with Crippen LogP contribution in [-0.2, 0) is 28.4 Å². The molecule has 0 nitrogen and oxygen atoms in total. The van der Waals surface area contributed by atoms with Crippen LogP contribution in [-0.4, -0.2) is 5.92 Å². The van der Waals surface area contributed by atoms with Crippen molar-refractivity contribution in [2.45, 2.75) is 60.9 Å². The van der Waals surface area contributed by atoms with Gasteiger partial charge in [0.1, 0.15) is 0 Å². The summed E-state index contributed by atoms with van der Waals surface area (Å²) >= 11 is -5.55. The van der Waals surface area contributed by atoms with E-state index in [1.54, 1.807) is 0 Å². The van der Waals surface area contributed by atoms with Crippen molar-refractivity contribution < 1.29 is 15.6 Å². The summed E-state index contributed by atoms with van der Waals surface area (Å²) in [4.78, 5) is 0. The van der Waals surface area contributed by atoms with E-state index in [2.05, 4.69) is 235 Å². The van der Waals surface area contributed by atoms with E-state index in [1.807, 2.05) is 0 Å². The third-order valence-electron chi connectivity index (χ3n) is 14.7. The Bertz CT molecular complexity index is 2940. The van der Waals surface area contributed by atoms with Crippen LogP contribution >= 0.6 is 17.0 Å². The monoisotopic (exact) mass is 989 g/mol. The zero-order chi connectivity index (χ0) is 45.8. The van der Waals surface area contributed by atoms with Crippen LogP contribution in [0.3, 0.4) is 0 Å². The van der Waals surface area contributed by atoms with Gasteiger partial charge in [-0.2, -0.15) is 0 Å². The standard InChI is InChI=1S/2C30H25.C2H7Si.2ClH.Zr/c2*1-21-8-12-25(13-9-21)27-16-17-28(26-14-10-22(2)11-15-26)30-20-24(19-29(27)30)18-23-6-4-3-5-7-23;1-3-2;;;/h2*3-17,19-20H,18H2,1-2H3;3H,1-2H3;2*1H;/q;;;;;+2/p-2. The second-order valence-corrected chi connectivity index (χ2v) is 62.0.